The molecule has 14 heteroatoms. The fourth-order valence-corrected chi connectivity index (χ4v) is 2.75. The minimum absolute atomic E-state index is 0. The van der Waals surface area contributed by atoms with E-state index in [1.165, 1.54) is 18.3 Å². The number of fused-ring (bicyclic) bond motifs is 1. The van der Waals surface area contributed by atoms with E-state index in [0.717, 1.165) is 0 Å². The first-order chi connectivity index (χ1) is 15.2. The van der Waals surface area contributed by atoms with E-state index in [1.54, 1.807) is 12.1 Å². The zero-order valence-corrected chi connectivity index (χ0v) is 22.7. The number of carboxylic acid groups (broad SMARTS) is 2. The predicted octanol–water partition coefficient (Wildman–Crippen LogP) is -0.961. The van der Waals surface area contributed by atoms with Gasteiger partial charge in [0.25, 0.3) is 11.5 Å². The third-order valence-corrected chi connectivity index (χ3v) is 4.36. The first kappa shape index (κ1) is 25.6. The van der Waals surface area contributed by atoms with Crippen molar-refractivity contribution in [3.8, 4) is 0 Å². The Hall–Kier alpha value is -3.63. The van der Waals surface area contributed by atoms with Crippen LogP contribution in [-0.2, 0) is 16.1 Å². The van der Waals surface area contributed by atoms with Gasteiger partial charge in [-0.1, -0.05) is 0 Å². The number of nitrogen functional groups attached to an aromatic ring is 1. The number of rotatable bonds is 9. The van der Waals surface area contributed by atoms with Crippen LogP contribution in [0.5, 0.6) is 0 Å². The fourth-order valence-electron chi connectivity index (χ4n) is 2.75. The summed E-state index contributed by atoms with van der Waals surface area (Å²) in [4.78, 5) is 60.6. The number of amides is 1. The molecule has 13 nitrogen and oxygen atoms in total. The summed E-state index contributed by atoms with van der Waals surface area (Å²) in [6, 6.07) is 4.86. The third kappa shape index (κ3) is 6.93. The van der Waals surface area contributed by atoms with Gasteiger partial charge in [0, 0.05) is 17.7 Å². The Balaban J connectivity index is 0.00000385. The number of nitrogens with two attached hydrogens (primary N) is 1. The van der Waals surface area contributed by atoms with Crippen LogP contribution in [0.15, 0.2) is 35.3 Å². The Morgan fingerprint density at radius 2 is 1.82 bits per heavy atom. The van der Waals surface area contributed by atoms with E-state index in [0.29, 0.717) is 11.4 Å². The van der Waals surface area contributed by atoms with Gasteiger partial charge < -0.3 is 26.6 Å². The molecule has 1 unspecified atom stereocenters. The van der Waals surface area contributed by atoms with Crippen LogP contribution in [-0.4, -0.2) is 81.3 Å². The molecule has 0 aliphatic heterocycles. The molecule has 3 rings (SSSR count). The second-order valence-electron chi connectivity index (χ2n) is 6.71. The zero-order chi connectivity index (χ0) is 23.3. The van der Waals surface area contributed by atoms with E-state index in [2.05, 4.69) is 30.6 Å². The van der Waals surface area contributed by atoms with Gasteiger partial charge >= 0.3 is 39.2 Å². The Morgan fingerprint density at radius 1 is 1.12 bits per heavy atom. The number of aliphatic carboxylic acids is 2. The molecule has 0 saturated carbocycles. The number of nitrogens with zero attached hydrogens (tertiary/aromatic N) is 3. The number of H-pyrrole nitrogens is 1. The standard InChI is InChI=1S/C19H19N7O6.Pb.2H/c20-19-25-15-14(17(30)26-19)23-11(8-22-15)7-21-10-3-1-9(2-4-10)16(29)24-12(18(31)32)5-6-13(27)28;;;/h1-4,8,12,21H,5-7H2,(H,24,29)(H,27,28)(H,31,32)(H3,20,22,25,26,30);;;. The van der Waals surface area contributed by atoms with Crippen LogP contribution < -0.4 is 21.9 Å². The summed E-state index contributed by atoms with van der Waals surface area (Å²) in [7, 11) is 0. The van der Waals surface area contributed by atoms with Crippen molar-refractivity contribution in [1.82, 2.24) is 25.3 Å². The number of carboxylic acids is 2. The van der Waals surface area contributed by atoms with Gasteiger partial charge in [-0.3, -0.25) is 19.4 Å². The normalized spacial score (nSPS) is 11.3. The van der Waals surface area contributed by atoms with Gasteiger partial charge in [0.15, 0.2) is 11.2 Å². The summed E-state index contributed by atoms with van der Waals surface area (Å²) >= 11 is 0. The molecule has 7 N–H and O–H groups in total. The Labute approximate surface area is 206 Å². The van der Waals surface area contributed by atoms with Crippen molar-refractivity contribution in [2.45, 2.75) is 25.4 Å². The summed E-state index contributed by atoms with van der Waals surface area (Å²) in [5.41, 5.74) is 6.47. The summed E-state index contributed by atoms with van der Waals surface area (Å²) in [5.74, 6) is -3.16. The molecule has 0 aliphatic carbocycles. The Bertz CT molecular complexity index is 1230. The molecule has 2 heterocycles. The van der Waals surface area contributed by atoms with Gasteiger partial charge in [-0.05, 0) is 30.7 Å². The molecule has 3 aromatic rings. The number of anilines is 2. The van der Waals surface area contributed by atoms with E-state index in [4.69, 9.17) is 15.9 Å². The SMILES string of the molecule is Nc1nc2ncc(CNc3ccc(C(=O)NC(CCC(=O)O)C(=O)O)cc3)nc2c(=O)[nH]1.[PbH2]. The minimum atomic E-state index is -1.31. The first-order valence-corrected chi connectivity index (χ1v) is 9.33. The number of aromatic nitrogens is 4. The molecule has 0 aliphatic rings. The number of nitrogens with one attached hydrogen (secondary N) is 3. The van der Waals surface area contributed by atoms with Crippen molar-refractivity contribution in [2.75, 3.05) is 11.1 Å². The van der Waals surface area contributed by atoms with Gasteiger partial charge in [-0.2, -0.15) is 4.98 Å². The topological polar surface area (TPSA) is 213 Å². The molecular formula is C19H21N7O6Pb. The molecule has 0 spiro atoms. The van der Waals surface area contributed by atoms with Crippen LogP contribution in [0.4, 0.5) is 11.6 Å². The van der Waals surface area contributed by atoms with Crippen LogP contribution >= 0.6 is 0 Å². The van der Waals surface area contributed by atoms with Crippen LogP contribution in [0.25, 0.3) is 11.2 Å². The summed E-state index contributed by atoms with van der Waals surface area (Å²) in [6.07, 6.45) is 0.840. The van der Waals surface area contributed by atoms with Crippen LogP contribution in [0.3, 0.4) is 0 Å². The quantitative estimate of drug-likeness (QED) is 0.155. The van der Waals surface area contributed by atoms with Gasteiger partial charge in [-0.15, -0.1) is 0 Å². The molecule has 0 saturated heterocycles. The number of hydrogen-bond donors (Lipinski definition) is 6. The molecular weight excluding hydrogens is 629 g/mol. The van der Waals surface area contributed by atoms with E-state index < -0.39 is 29.4 Å². The molecule has 1 amide bonds. The molecule has 33 heavy (non-hydrogen) atoms. The second-order valence-corrected chi connectivity index (χ2v) is 6.71. The van der Waals surface area contributed by atoms with E-state index in [-0.39, 0.29) is 69.4 Å². The maximum absolute atomic E-state index is 12.3. The molecule has 1 aromatic carbocycles. The number of hydrogen-bond acceptors (Lipinski definition) is 9. The van der Waals surface area contributed by atoms with Gasteiger partial charge in [0.05, 0.1) is 18.4 Å². The van der Waals surface area contributed by atoms with Crippen LogP contribution in [0, 0.1) is 0 Å². The van der Waals surface area contributed by atoms with Crippen LogP contribution in [0.2, 0.25) is 0 Å². The fraction of sp³-hybridized carbons (Fsp3) is 0.211. The summed E-state index contributed by atoms with van der Waals surface area (Å²) in [6.45, 7) is 0.231. The monoisotopic (exact) mass is 651 g/mol. The number of carbonyl (C=O) groups excluding carboxylic acids is 1. The van der Waals surface area contributed by atoms with E-state index in [9.17, 15) is 19.2 Å². The van der Waals surface area contributed by atoms with Crippen molar-refractivity contribution in [1.29, 1.82) is 0 Å². The van der Waals surface area contributed by atoms with Crippen molar-refractivity contribution in [3.05, 3.63) is 52.1 Å². The van der Waals surface area contributed by atoms with Gasteiger partial charge in [0.2, 0.25) is 5.95 Å². The average Bonchev–Trinajstić information content (AvgIpc) is 2.75. The Morgan fingerprint density at radius 3 is 2.45 bits per heavy atom. The number of benzene rings is 1. The molecule has 172 valence electrons. The Kier molecular flexibility index (Phi) is 8.78. The van der Waals surface area contributed by atoms with Crippen molar-refractivity contribution < 1.29 is 24.6 Å². The maximum atomic E-state index is 12.3. The third-order valence-electron chi connectivity index (χ3n) is 4.36. The van der Waals surface area contributed by atoms with Crippen LogP contribution in [0.1, 0.15) is 28.9 Å². The molecule has 2 aromatic heterocycles. The summed E-state index contributed by atoms with van der Waals surface area (Å²) in [5, 5.41) is 23.2. The number of aromatic amines is 1. The van der Waals surface area contributed by atoms with E-state index >= 15 is 0 Å². The van der Waals surface area contributed by atoms with Gasteiger partial charge in [0.1, 0.15) is 6.04 Å². The van der Waals surface area contributed by atoms with Crippen molar-refractivity contribution >= 4 is 67.9 Å². The van der Waals surface area contributed by atoms with Gasteiger partial charge in [-0.25, -0.2) is 14.8 Å². The second kappa shape index (κ2) is 11.3. The average molecular weight is 651 g/mol. The first-order valence-electron chi connectivity index (χ1n) is 9.33. The van der Waals surface area contributed by atoms with E-state index in [1.807, 2.05) is 0 Å². The van der Waals surface area contributed by atoms with Crippen molar-refractivity contribution in [2.24, 2.45) is 0 Å². The zero-order valence-electron chi connectivity index (χ0n) is 17.2. The molecule has 2 radical (unpaired) electrons. The molecule has 0 fully saturated rings. The predicted molar refractivity (Wildman–Crippen MR) is 120 cm³/mol. The van der Waals surface area contributed by atoms with Crippen molar-refractivity contribution in [3.63, 3.8) is 0 Å². The molecule has 0 bridgehead atoms. The summed E-state index contributed by atoms with van der Waals surface area (Å²) < 4.78 is 0. The number of carbonyl (C=O) groups is 3. The molecule has 1 atom stereocenters.